The predicted octanol–water partition coefficient (Wildman–Crippen LogP) is 2.66. The molecule has 6 heteroatoms. The van der Waals surface area contributed by atoms with Crippen molar-refractivity contribution in [3.8, 4) is 0 Å². The van der Waals surface area contributed by atoms with E-state index in [1.165, 1.54) is 18.4 Å². The van der Waals surface area contributed by atoms with E-state index in [9.17, 15) is 4.79 Å². The van der Waals surface area contributed by atoms with Crippen LogP contribution < -0.4 is 5.32 Å². The molecule has 0 bridgehead atoms. The number of hydrogen-bond donors (Lipinski definition) is 2. The van der Waals surface area contributed by atoms with Crippen LogP contribution in [0.1, 0.15) is 45.4 Å². The molecular formula is C15H24N4OS. The van der Waals surface area contributed by atoms with Gasteiger partial charge in [-0.05, 0) is 36.9 Å². The Morgan fingerprint density at radius 2 is 2.29 bits per heavy atom. The topological polar surface area (TPSA) is 62.7 Å². The normalized spacial score (nSPS) is 19.7. The van der Waals surface area contributed by atoms with Crippen LogP contribution in [-0.2, 0) is 18.3 Å². The minimum absolute atomic E-state index is 0.00300. The minimum atomic E-state index is -0.00300. The molecule has 2 N–H and O–H groups in total. The molecule has 0 aromatic carbocycles. The molecule has 2 rings (SSSR count). The van der Waals surface area contributed by atoms with Crippen molar-refractivity contribution in [3.05, 3.63) is 22.2 Å². The van der Waals surface area contributed by atoms with Crippen LogP contribution in [0, 0.1) is 10.2 Å². The van der Waals surface area contributed by atoms with Crippen LogP contribution in [0.4, 0.5) is 0 Å². The van der Waals surface area contributed by atoms with E-state index in [0.717, 1.165) is 18.7 Å². The smallest absolute Gasteiger partial charge is 0.243 e. The van der Waals surface area contributed by atoms with E-state index >= 15 is 0 Å². The van der Waals surface area contributed by atoms with E-state index in [0.29, 0.717) is 17.7 Å². The second-order valence-electron chi connectivity index (χ2n) is 6.31. The maximum atomic E-state index is 12.0. The number of aromatic amines is 1. The summed E-state index contributed by atoms with van der Waals surface area (Å²) in [5.74, 6) is 0.850. The van der Waals surface area contributed by atoms with E-state index in [-0.39, 0.29) is 11.3 Å². The van der Waals surface area contributed by atoms with Gasteiger partial charge in [0.15, 0.2) is 4.77 Å². The van der Waals surface area contributed by atoms with Crippen LogP contribution in [-0.4, -0.2) is 27.2 Å². The van der Waals surface area contributed by atoms with Gasteiger partial charge in [0.25, 0.3) is 0 Å². The maximum Gasteiger partial charge on any atom is 0.243 e. The molecule has 0 aliphatic heterocycles. The van der Waals surface area contributed by atoms with Gasteiger partial charge in [-0.15, -0.1) is 0 Å². The number of carbonyl (C=O) groups is 1. The van der Waals surface area contributed by atoms with Gasteiger partial charge in [0, 0.05) is 26.1 Å². The zero-order valence-electron chi connectivity index (χ0n) is 13.0. The average Bonchev–Trinajstić information content (AvgIpc) is 2.73. The van der Waals surface area contributed by atoms with Crippen molar-refractivity contribution in [2.75, 3.05) is 6.54 Å². The summed E-state index contributed by atoms with van der Waals surface area (Å²) < 4.78 is 2.42. The first kappa shape index (κ1) is 15.9. The van der Waals surface area contributed by atoms with Crippen molar-refractivity contribution in [2.45, 2.75) is 46.0 Å². The van der Waals surface area contributed by atoms with Gasteiger partial charge in [-0.3, -0.25) is 9.89 Å². The number of aromatic nitrogens is 3. The summed E-state index contributed by atoms with van der Waals surface area (Å²) in [6, 6.07) is 0. The van der Waals surface area contributed by atoms with Crippen molar-refractivity contribution in [1.82, 2.24) is 20.1 Å². The van der Waals surface area contributed by atoms with Crippen LogP contribution in [0.5, 0.6) is 0 Å². The minimum Gasteiger partial charge on any atom is -0.352 e. The number of nitrogens with zero attached hydrogens (tertiary/aromatic N) is 2. The Bertz CT molecular complexity index is 597. The first-order chi connectivity index (χ1) is 9.90. The molecule has 5 nitrogen and oxygen atoms in total. The molecule has 0 spiro atoms. The molecule has 0 radical (unpaired) electrons. The van der Waals surface area contributed by atoms with Crippen molar-refractivity contribution < 1.29 is 4.79 Å². The van der Waals surface area contributed by atoms with Crippen molar-refractivity contribution >= 4 is 18.1 Å². The zero-order valence-corrected chi connectivity index (χ0v) is 13.8. The lowest BCUT2D eigenvalue weighted by Crippen LogP contribution is -2.27. The van der Waals surface area contributed by atoms with Crippen LogP contribution >= 0.6 is 12.2 Å². The number of carbonyl (C=O) groups excluding carboxylic acids is 1. The molecule has 1 aliphatic rings. The van der Waals surface area contributed by atoms with Crippen LogP contribution in [0.2, 0.25) is 0 Å². The highest BCUT2D eigenvalue weighted by atomic mass is 32.1. The number of rotatable bonds is 4. The molecule has 21 heavy (non-hydrogen) atoms. The van der Waals surface area contributed by atoms with Crippen LogP contribution in [0.25, 0.3) is 0 Å². The van der Waals surface area contributed by atoms with Crippen LogP contribution in [0.15, 0.2) is 11.6 Å². The Labute approximate surface area is 130 Å². The summed E-state index contributed by atoms with van der Waals surface area (Å²) in [6.45, 7) is 5.01. The molecule has 1 heterocycles. The fourth-order valence-corrected chi connectivity index (χ4v) is 2.91. The Kier molecular flexibility index (Phi) is 4.98. The highest BCUT2D eigenvalue weighted by Crippen LogP contribution is 2.39. The zero-order chi connectivity index (χ0) is 15.5. The quantitative estimate of drug-likeness (QED) is 0.664. The average molecular weight is 308 g/mol. The van der Waals surface area contributed by atoms with Gasteiger partial charge in [0.1, 0.15) is 5.82 Å². The first-order valence-electron chi connectivity index (χ1n) is 7.49. The number of amides is 1. The summed E-state index contributed by atoms with van der Waals surface area (Å²) >= 11 is 5.06. The van der Waals surface area contributed by atoms with Gasteiger partial charge in [-0.25, -0.2) is 0 Å². The SMILES string of the molecule is Cn1c(CCNC(=O)/C=C2/CCCCC2(C)C)n[nH]c1=S. The first-order valence-corrected chi connectivity index (χ1v) is 7.90. The summed E-state index contributed by atoms with van der Waals surface area (Å²) in [5.41, 5.74) is 1.42. The molecule has 0 unspecified atom stereocenters. The lowest BCUT2D eigenvalue weighted by atomic mass is 9.73. The molecule has 1 aliphatic carbocycles. The number of allylic oxidation sites excluding steroid dienone is 1. The largest absolute Gasteiger partial charge is 0.352 e. The van der Waals surface area contributed by atoms with Gasteiger partial charge >= 0.3 is 0 Å². The van der Waals surface area contributed by atoms with E-state index in [2.05, 4.69) is 29.4 Å². The Balaban J connectivity index is 1.87. The monoisotopic (exact) mass is 308 g/mol. The lowest BCUT2D eigenvalue weighted by Gasteiger charge is -2.32. The molecule has 1 aromatic heterocycles. The fraction of sp³-hybridized carbons (Fsp3) is 0.667. The number of hydrogen-bond acceptors (Lipinski definition) is 3. The highest BCUT2D eigenvalue weighted by molar-refractivity contribution is 7.71. The van der Waals surface area contributed by atoms with Crippen molar-refractivity contribution in [3.63, 3.8) is 0 Å². The van der Waals surface area contributed by atoms with Gasteiger partial charge in [-0.2, -0.15) is 5.10 Å². The maximum absolute atomic E-state index is 12.0. The summed E-state index contributed by atoms with van der Waals surface area (Å²) in [7, 11) is 1.87. The Hall–Kier alpha value is -1.43. The molecule has 1 amide bonds. The second kappa shape index (κ2) is 6.56. The highest BCUT2D eigenvalue weighted by Gasteiger charge is 2.26. The Morgan fingerprint density at radius 1 is 1.52 bits per heavy atom. The summed E-state index contributed by atoms with van der Waals surface area (Å²) in [6.07, 6.45) is 7.10. The molecule has 116 valence electrons. The molecule has 0 saturated heterocycles. The van der Waals surface area contributed by atoms with Gasteiger partial charge in [0.05, 0.1) is 0 Å². The molecule has 0 atom stereocenters. The van der Waals surface area contributed by atoms with E-state index in [4.69, 9.17) is 12.2 Å². The van der Waals surface area contributed by atoms with E-state index < -0.39 is 0 Å². The van der Waals surface area contributed by atoms with E-state index in [1.807, 2.05) is 11.6 Å². The van der Waals surface area contributed by atoms with Crippen molar-refractivity contribution in [1.29, 1.82) is 0 Å². The van der Waals surface area contributed by atoms with Gasteiger partial charge in [0.2, 0.25) is 5.91 Å². The number of nitrogens with one attached hydrogen (secondary N) is 2. The molecule has 1 aromatic rings. The van der Waals surface area contributed by atoms with Crippen LogP contribution in [0.3, 0.4) is 0 Å². The lowest BCUT2D eigenvalue weighted by molar-refractivity contribution is -0.116. The van der Waals surface area contributed by atoms with E-state index in [1.54, 1.807) is 6.08 Å². The van der Waals surface area contributed by atoms with Gasteiger partial charge < -0.3 is 9.88 Å². The molecular weight excluding hydrogens is 284 g/mol. The fourth-order valence-electron chi connectivity index (χ4n) is 2.76. The Morgan fingerprint density at radius 3 is 2.90 bits per heavy atom. The standard InChI is InChI=1S/C15H24N4OS/c1-15(2)8-5-4-6-11(15)10-13(20)16-9-7-12-17-18-14(21)19(12)3/h10H,4-9H2,1-3H3,(H,16,20)(H,18,21)/b11-10-. The molecule has 1 fully saturated rings. The third kappa shape index (κ3) is 4.03. The third-order valence-corrected chi connectivity index (χ3v) is 4.66. The summed E-state index contributed by atoms with van der Waals surface area (Å²) in [4.78, 5) is 12.0. The predicted molar refractivity (Wildman–Crippen MR) is 85.4 cm³/mol. The van der Waals surface area contributed by atoms with Crippen molar-refractivity contribution in [2.24, 2.45) is 12.5 Å². The molecule has 1 saturated carbocycles. The number of H-pyrrole nitrogens is 1. The van der Waals surface area contributed by atoms with Gasteiger partial charge in [-0.1, -0.05) is 25.8 Å². The second-order valence-corrected chi connectivity index (χ2v) is 6.69. The third-order valence-electron chi connectivity index (χ3n) is 4.29. The summed E-state index contributed by atoms with van der Waals surface area (Å²) in [5, 5.41) is 9.81.